The minimum absolute atomic E-state index is 0.575. The van der Waals surface area contributed by atoms with Crippen LogP contribution in [0.1, 0.15) is 36.6 Å². The Morgan fingerprint density at radius 1 is 1.18 bits per heavy atom. The smallest absolute Gasteiger partial charge is 0.180 e. The SMILES string of the molecule is CC(C)c1ccc(C=Cc2csc(N)n2)cc1. The van der Waals surface area contributed by atoms with Crippen LogP contribution in [0, 0.1) is 0 Å². The zero-order valence-electron chi connectivity index (χ0n) is 10.1. The highest BCUT2D eigenvalue weighted by Gasteiger charge is 1.97. The highest BCUT2D eigenvalue weighted by molar-refractivity contribution is 7.13. The molecule has 0 radical (unpaired) electrons. The van der Waals surface area contributed by atoms with Crippen molar-refractivity contribution in [2.24, 2.45) is 0 Å². The first-order valence-electron chi connectivity index (χ1n) is 5.64. The van der Waals surface area contributed by atoms with Crippen LogP contribution >= 0.6 is 11.3 Å². The Hall–Kier alpha value is -1.61. The molecule has 1 aromatic heterocycles. The van der Waals surface area contributed by atoms with Gasteiger partial charge in [-0.3, -0.25) is 0 Å². The van der Waals surface area contributed by atoms with Crippen molar-refractivity contribution in [1.29, 1.82) is 0 Å². The molecule has 2 N–H and O–H groups in total. The van der Waals surface area contributed by atoms with Crippen LogP contribution in [0.2, 0.25) is 0 Å². The van der Waals surface area contributed by atoms with E-state index in [1.807, 2.05) is 11.5 Å². The van der Waals surface area contributed by atoms with Crippen LogP contribution in [-0.4, -0.2) is 4.98 Å². The van der Waals surface area contributed by atoms with Crippen LogP contribution in [0.5, 0.6) is 0 Å². The van der Waals surface area contributed by atoms with Crippen molar-refractivity contribution < 1.29 is 0 Å². The van der Waals surface area contributed by atoms with E-state index in [4.69, 9.17) is 5.73 Å². The van der Waals surface area contributed by atoms with Crippen molar-refractivity contribution in [2.45, 2.75) is 19.8 Å². The molecular weight excluding hydrogens is 228 g/mol. The fourth-order valence-electron chi connectivity index (χ4n) is 1.55. The van der Waals surface area contributed by atoms with Gasteiger partial charge in [0.15, 0.2) is 5.13 Å². The summed E-state index contributed by atoms with van der Waals surface area (Å²) in [5, 5.41) is 2.56. The normalized spacial score (nSPS) is 11.5. The Kier molecular flexibility index (Phi) is 3.59. The van der Waals surface area contributed by atoms with Crippen LogP contribution in [-0.2, 0) is 0 Å². The summed E-state index contributed by atoms with van der Waals surface area (Å²) >= 11 is 1.46. The number of benzene rings is 1. The van der Waals surface area contributed by atoms with Crippen LogP contribution in [0.3, 0.4) is 0 Å². The minimum atomic E-state index is 0.575. The van der Waals surface area contributed by atoms with Crippen molar-refractivity contribution in [3.63, 3.8) is 0 Å². The Labute approximate surface area is 106 Å². The van der Waals surface area contributed by atoms with E-state index in [0.29, 0.717) is 11.0 Å². The van der Waals surface area contributed by atoms with Gasteiger partial charge in [-0.1, -0.05) is 44.2 Å². The fourth-order valence-corrected chi connectivity index (χ4v) is 2.08. The van der Waals surface area contributed by atoms with Crippen LogP contribution in [0.15, 0.2) is 29.6 Å². The maximum absolute atomic E-state index is 5.57. The average molecular weight is 244 g/mol. The highest BCUT2D eigenvalue weighted by atomic mass is 32.1. The summed E-state index contributed by atoms with van der Waals surface area (Å²) in [5.74, 6) is 0.575. The van der Waals surface area contributed by atoms with E-state index in [1.54, 1.807) is 0 Å². The standard InChI is InChI=1S/C14H16N2S/c1-10(2)12-6-3-11(4-7-12)5-8-13-9-17-14(15)16-13/h3-10H,1-2H3,(H2,15,16). The topological polar surface area (TPSA) is 38.9 Å². The molecule has 0 aliphatic rings. The molecule has 0 saturated carbocycles. The summed E-state index contributed by atoms with van der Waals surface area (Å²) in [5.41, 5.74) is 9.03. The predicted octanol–water partition coefficient (Wildman–Crippen LogP) is 4.02. The Balaban J connectivity index is 2.11. The van der Waals surface area contributed by atoms with Crippen LogP contribution in [0.4, 0.5) is 5.13 Å². The number of anilines is 1. The molecular formula is C14H16N2S. The lowest BCUT2D eigenvalue weighted by atomic mass is 10.0. The summed E-state index contributed by atoms with van der Waals surface area (Å²) in [4.78, 5) is 4.18. The third-order valence-electron chi connectivity index (χ3n) is 2.59. The monoisotopic (exact) mass is 244 g/mol. The number of rotatable bonds is 3. The first-order valence-corrected chi connectivity index (χ1v) is 6.52. The summed E-state index contributed by atoms with van der Waals surface area (Å²) < 4.78 is 0. The molecule has 0 amide bonds. The number of nitrogens with zero attached hydrogens (tertiary/aromatic N) is 1. The van der Waals surface area contributed by atoms with Gasteiger partial charge >= 0.3 is 0 Å². The van der Waals surface area contributed by atoms with Gasteiger partial charge in [0.1, 0.15) is 0 Å². The van der Waals surface area contributed by atoms with Gasteiger partial charge in [0.25, 0.3) is 0 Å². The second kappa shape index (κ2) is 5.15. The first kappa shape index (κ1) is 11.9. The van der Waals surface area contributed by atoms with Gasteiger partial charge < -0.3 is 5.73 Å². The third-order valence-corrected chi connectivity index (χ3v) is 3.28. The molecule has 1 aromatic carbocycles. The molecule has 0 aliphatic carbocycles. The largest absolute Gasteiger partial charge is 0.375 e. The van der Waals surface area contributed by atoms with E-state index >= 15 is 0 Å². The van der Waals surface area contributed by atoms with E-state index in [9.17, 15) is 0 Å². The molecule has 2 nitrogen and oxygen atoms in total. The molecule has 2 rings (SSSR count). The van der Waals surface area contributed by atoms with Crippen molar-refractivity contribution in [3.8, 4) is 0 Å². The highest BCUT2D eigenvalue weighted by Crippen LogP contribution is 2.17. The first-order chi connectivity index (χ1) is 8.15. The fraction of sp³-hybridized carbons (Fsp3) is 0.214. The van der Waals surface area contributed by atoms with Crippen molar-refractivity contribution >= 4 is 28.6 Å². The number of aromatic nitrogens is 1. The van der Waals surface area contributed by atoms with E-state index < -0.39 is 0 Å². The van der Waals surface area contributed by atoms with E-state index in [-0.39, 0.29) is 0 Å². The average Bonchev–Trinajstić information content (AvgIpc) is 2.73. The molecule has 0 spiro atoms. The Bertz CT molecular complexity index is 509. The number of nitrogen functional groups attached to an aromatic ring is 1. The second-order valence-corrected chi connectivity index (χ2v) is 5.15. The van der Waals surface area contributed by atoms with Crippen LogP contribution in [0.25, 0.3) is 12.2 Å². The maximum Gasteiger partial charge on any atom is 0.180 e. The van der Waals surface area contributed by atoms with E-state index in [1.165, 1.54) is 22.5 Å². The second-order valence-electron chi connectivity index (χ2n) is 4.27. The summed E-state index contributed by atoms with van der Waals surface area (Å²) in [6.07, 6.45) is 4.04. The third kappa shape index (κ3) is 3.17. The lowest BCUT2D eigenvalue weighted by Gasteiger charge is -2.04. The Morgan fingerprint density at radius 3 is 2.41 bits per heavy atom. The summed E-state index contributed by atoms with van der Waals surface area (Å²) in [6, 6.07) is 8.59. The lowest BCUT2D eigenvalue weighted by molar-refractivity contribution is 0.866. The molecule has 0 fully saturated rings. The lowest BCUT2D eigenvalue weighted by Crippen LogP contribution is -1.86. The van der Waals surface area contributed by atoms with Gasteiger partial charge in [-0.05, 0) is 23.1 Å². The van der Waals surface area contributed by atoms with Gasteiger partial charge in [-0.2, -0.15) is 0 Å². The quantitative estimate of drug-likeness (QED) is 0.885. The van der Waals surface area contributed by atoms with Gasteiger partial charge in [-0.25, -0.2) is 4.98 Å². The van der Waals surface area contributed by atoms with Crippen LogP contribution < -0.4 is 5.73 Å². The molecule has 88 valence electrons. The number of hydrogen-bond donors (Lipinski definition) is 1. The molecule has 0 bridgehead atoms. The summed E-state index contributed by atoms with van der Waals surface area (Å²) in [7, 11) is 0. The molecule has 17 heavy (non-hydrogen) atoms. The number of nitrogens with two attached hydrogens (primary N) is 1. The van der Waals surface area contributed by atoms with Gasteiger partial charge in [0.05, 0.1) is 5.69 Å². The Morgan fingerprint density at radius 2 is 1.88 bits per heavy atom. The molecule has 0 unspecified atom stereocenters. The van der Waals surface area contributed by atoms with Crippen molar-refractivity contribution in [2.75, 3.05) is 5.73 Å². The number of hydrogen-bond acceptors (Lipinski definition) is 3. The predicted molar refractivity (Wildman–Crippen MR) is 76.0 cm³/mol. The van der Waals surface area contributed by atoms with Gasteiger partial charge in [0, 0.05) is 5.38 Å². The summed E-state index contributed by atoms with van der Waals surface area (Å²) in [6.45, 7) is 4.39. The number of thiazole rings is 1. The molecule has 0 atom stereocenters. The molecule has 2 aromatic rings. The van der Waals surface area contributed by atoms with Crippen molar-refractivity contribution in [3.05, 3.63) is 46.5 Å². The molecule has 0 aliphatic heterocycles. The van der Waals surface area contributed by atoms with Gasteiger partial charge in [-0.15, -0.1) is 11.3 Å². The van der Waals surface area contributed by atoms with Crippen molar-refractivity contribution in [1.82, 2.24) is 4.98 Å². The van der Waals surface area contributed by atoms with E-state index in [0.717, 1.165) is 5.69 Å². The molecule has 3 heteroatoms. The van der Waals surface area contributed by atoms with E-state index in [2.05, 4.69) is 49.2 Å². The molecule has 0 saturated heterocycles. The zero-order chi connectivity index (χ0) is 12.3. The molecule has 1 heterocycles. The van der Waals surface area contributed by atoms with Gasteiger partial charge in [0.2, 0.25) is 0 Å². The minimum Gasteiger partial charge on any atom is -0.375 e. The maximum atomic E-state index is 5.57. The zero-order valence-corrected chi connectivity index (χ0v) is 10.9.